The Bertz CT molecular complexity index is 982. The summed E-state index contributed by atoms with van der Waals surface area (Å²) in [6, 6.07) is 11.4. The summed E-state index contributed by atoms with van der Waals surface area (Å²) < 4.78 is 21.5. The van der Waals surface area contributed by atoms with E-state index in [1.165, 1.54) is 51.4 Å². The van der Waals surface area contributed by atoms with Gasteiger partial charge < -0.3 is 30.4 Å². The van der Waals surface area contributed by atoms with Crippen molar-refractivity contribution < 1.29 is 18.9 Å². The van der Waals surface area contributed by atoms with Crippen molar-refractivity contribution in [3.63, 3.8) is 0 Å². The molecule has 0 saturated carbocycles. The van der Waals surface area contributed by atoms with E-state index in [1.807, 2.05) is 36.4 Å². The van der Waals surface area contributed by atoms with Gasteiger partial charge in [-0.2, -0.15) is 0 Å². The summed E-state index contributed by atoms with van der Waals surface area (Å²) in [6.45, 7) is 2.07. The third-order valence-electron chi connectivity index (χ3n) is 6.47. The van der Waals surface area contributed by atoms with Crippen LogP contribution in [0.25, 0.3) is 0 Å². The van der Waals surface area contributed by atoms with E-state index in [1.54, 1.807) is 0 Å². The van der Waals surface area contributed by atoms with E-state index >= 15 is 0 Å². The number of hydrogen-bond acceptors (Lipinski definition) is 6. The first kappa shape index (κ1) is 31.4. The molecule has 0 aromatic heterocycles. The Labute approximate surface area is 238 Å². The molecule has 0 unspecified atom stereocenters. The molecule has 0 atom stereocenters. The molecule has 0 bridgehead atoms. The lowest BCUT2D eigenvalue weighted by molar-refractivity contribution is 0.173. The highest BCUT2D eigenvalue weighted by Gasteiger charge is 2.15. The van der Waals surface area contributed by atoms with E-state index in [4.69, 9.17) is 30.4 Å². The van der Waals surface area contributed by atoms with Crippen LogP contribution in [-0.4, -0.2) is 38.3 Å². The maximum Gasteiger partial charge on any atom is 0.231 e. The van der Waals surface area contributed by atoms with E-state index in [9.17, 15) is 0 Å². The summed E-state index contributed by atoms with van der Waals surface area (Å²) >= 11 is 0. The molecular formula is C28H40Cl2N4O4. The van der Waals surface area contributed by atoms with Gasteiger partial charge in [0.2, 0.25) is 13.6 Å². The fourth-order valence-corrected chi connectivity index (χ4v) is 4.33. The summed E-state index contributed by atoms with van der Waals surface area (Å²) in [7, 11) is 0. The van der Waals surface area contributed by atoms with Crippen LogP contribution in [0.15, 0.2) is 46.4 Å². The van der Waals surface area contributed by atoms with Crippen molar-refractivity contribution in [2.24, 2.45) is 21.5 Å². The zero-order chi connectivity index (χ0) is 25.0. The van der Waals surface area contributed by atoms with Gasteiger partial charge in [0.1, 0.15) is 11.7 Å². The minimum absolute atomic E-state index is 0. The molecule has 10 heteroatoms. The number of fused-ring (bicyclic) bond motifs is 2. The predicted octanol–water partition coefficient (Wildman–Crippen LogP) is 6.00. The highest BCUT2D eigenvalue weighted by Crippen LogP contribution is 2.33. The first-order valence-electron chi connectivity index (χ1n) is 13.1. The van der Waals surface area contributed by atoms with Crippen LogP contribution in [-0.2, 0) is 0 Å². The molecule has 0 spiro atoms. The molecule has 2 aliphatic heterocycles. The number of halogens is 2. The van der Waals surface area contributed by atoms with Crippen molar-refractivity contribution in [1.29, 1.82) is 0 Å². The van der Waals surface area contributed by atoms with Crippen LogP contribution < -0.4 is 30.4 Å². The lowest BCUT2D eigenvalue weighted by atomic mass is 10.1. The Morgan fingerprint density at radius 2 is 0.868 bits per heavy atom. The van der Waals surface area contributed by atoms with E-state index in [-0.39, 0.29) is 38.4 Å². The zero-order valence-corrected chi connectivity index (χ0v) is 23.5. The predicted molar refractivity (Wildman–Crippen MR) is 157 cm³/mol. The largest absolute Gasteiger partial charge is 0.454 e. The molecule has 2 aliphatic rings. The first-order valence-corrected chi connectivity index (χ1v) is 13.1. The molecule has 2 aromatic rings. The van der Waals surface area contributed by atoms with Gasteiger partial charge in [-0.15, -0.1) is 24.8 Å². The van der Waals surface area contributed by atoms with Crippen LogP contribution in [0.3, 0.4) is 0 Å². The Morgan fingerprint density at radius 3 is 1.26 bits per heavy atom. The Kier molecular flexibility index (Phi) is 13.9. The zero-order valence-electron chi connectivity index (χ0n) is 21.9. The van der Waals surface area contributed by atoms with Gasteiger partial charge in [0.05, 0.1) is 0 Å². The van der Waals surface area contributed by atoms with Gasteiger partial charge in [-0.3, -0.25) is 9.98 Å². The van der Waals surface area contributed by atoms with E-state index in [0.29, 0.717) is 11.7 Å². The van der Waals surface area contributed by atoms with E-state index in [2.05, 4.69) is 9.98 Å². The van der Waals surface area contributed by atoms with Crippen molar-refractivity contribution in [1.82, 2.24) is 0 Å². The molecule has 2 aromatic carbocycles. The molecule has 8 nitrogen and oxygen atoms in total. The quantitative estimate of drug-likeness (QED) is 0.155. The number of nitrogens with two attached hydrogens (primary N) is 2. The molecule has 0 aliphatic carbocycles. The van der Waals surface area contributed by atoms with Gasteiger partial charge in [-0.05, 0) is 49.2 Å². The average Bonchev–Trinajstić information content (AvgIpc) is 3.57. The lowest BCUT2D eigenvalue weighted by Crippen LogP contribution is -2.13. The number of benzene rings is 2. The van der Waals surface area contributed by atoms with Gasteiger partial charge in [0.25, 0.3) is 0 Å². The Morgan fingerprint density at radius 1 is 0.526 bits per heavy atom. The number of aliphatic imine (C=N–C) groups is 2. The van der Waals surface area contributed by atoms with Crippen LogP contribution >= 0.6 is 24.8 Å². The van der Waals surface area contributed by atoms with Crippen LogP contribution in [0, 0.1) is 0 Å². The van der Waals surface area contributed by atoms with Gasteiger partial charge in [-0.25, -0.2) is 0 Å². The minimum Gasteiger partial charge on any atom is -0.454 e. The van der Waals surface area contributed by atoms with Gasteiger partial charge in [-0.1, -0.05) is 51.4 Å². The van der Waals surface area contributed by atoms with E-state index < -0.39 is 0 Å². The maximum absolute atomic E-state index is 6.12. The Hall–Kier alpha value is -2.84. The second-order valence-corrected chi connectivity index (χ2v) is 9.21. The number of amidine groups is 2. The summed E-state index contributed by atoms with van der Waals surface area (Å²) in [5.41, 5.74) is 14.0. The summed E-state index contributed by atoms with van der Waals surface area (Å²) in [5.74, 6) is 4.13. The standard InChI is InChI=1S/C28H38N4O4.2ClH/c29-27(21-11-13-23-25(17-21)35-19-33-23)31-15-9-7-5-3-1-2-4-6-8-10-16-32-28(30)22-12-14-24-26(18-22)36-20-34-24;;/h11-14,17-18H,1-10,15-16,19-20H2,(H2,29,31)(H2,30,32);2*1H. The number of rotatable bonds is 15. The third-order valence-corrected chi connectivity index (χ3v) is 6.47. The number of nitrogens with zero attached hydrogens (tertiary/aromatic N) is 2. The molecule has 38 heavy (non-hydrogen) atoms. The molecule has 210 valence electrons. The molecule has 0 radical (unpaired) electrons. The summed E-state index contributed by atoms with van der Waals surface area (Å²) in [5, 5.41) is 0. The number of ether oxygens (including phenoxy) is 4. The molecular weight excluding hydrogens is 527 g/mol. The lowest BCUT2D eigenvalue weighted by Gasteiger charge is -2.04. The second kappa shape index (κ2) is 16.9. The van der Waals surface area contributed by atoms with Gasteiger partial charge >= 0.3 is 0 Å². The highest BCUT2D eigenvalue weighted by molar-refractivity contribution is 5.98. The Balaban J connectivity index is 0.00000253. The molecule has 2 heterocycles. The maximum atomic E-state index is 6.12. The van der Waals surface area contributed by atoms with Gasteiger partial charge in [0.15, 0.2) is 23.0 Å². The van der Waals surface area contributed by atoms with Crippen molar-refractivity contribution in [3.8, 4) is 23.0 Å². The first-order chi connectivity index (χ1) is 17.7. The van der Waals surface area contributed by atoms with Crippen LogP contribution in [0.4, 0.5) is 0 Å². The number of hydrogen-bond donors (Lipinski definition) is 2. The highest BCUT2D eigenvalue weighted by atomic mass is 35.5. The van der Waals surface area contributed by atoms with E-state index in [0.717, 1.165) is 60.1 Å². The van der Waals surface area contributed by atoms with Crippen molar-refractivity contribution in [2.75, 3.05) is 26.7 Å². The SMILES string of the molecule is Cl.Cl.NC(=NCCCCCCCCCCCCN=C(N)c1ccc2c(c1)OCO2)c1ccc2c(c1)OCO2. The molecule has 0 amide bonds. The molecule has 0 saturated heterocycles. The minimum atomic E-state index is 0. The average molecular weight is 568 g/mol. The number of unbranched alkanes of at least 4 members (excludes halogenated alkanes) is 9. The van der Waals surface area contributed by atoms with Crippen LogP contribution in [0.1, 0.15) is 75.3 Å². The monoisotopic (exact) mass is 566 g/mol. The van der Waals surface area contributed by atoms with Gasteiger partial charge in [0, 0.05) is 24.2 Å². The summed E-state index contributed by atoms with van der Waals surface area (Å²) in [4.78, 5) is 9.03. The third kappa shape index (κ3) is 9.48. The van der Waals surface area contributed by atoms with Crippen molar-refractivity contribution in [2.45, 2.75) is 64.2 Å². The normalized spacial score (nSPS) is 13.7. The van der Waals surface area contributed by atoms with Crippen molar-refractivity contribution in [3.05, 3.63) is 47.5 Å². The summed E-state index contributed by atoms with van der Waals surface area (Å²) in [6.07, 6.45) is 12.2. The smallest absolute Gasteiger partial charge is 0.231 e. The van der Waals surface area contributed by atoms with Crippen LogP contribution in [0.2, 0.25) is 0 Å². The molecule has 4 rings (SSSR count). The fraction of sp³-hybridized carbons (Fsp3) is 0.500. The second-order valence-electron chi connectivity index (χ2n) is 9.21. The van der Waals surface area contributed by atoms with Crippen LogP contribution in [0.5, 0.6) is 23.0 Å². The molecule has 4 N–H and O–H groups in total. The molecule has 0 fully saturated rings. The topological polar surface area (TPSA) is 114 Å². The fourth-order valence-electron chi connectivity index (χ4n) is 4.33. The van der Waals surface area contributed by atoms with Crippen molar-refractivity contribution >= 4 is 36.5 Å².